The highest BCUT2D eigenvalue weighted by molar-refractivity contribution is 5.87. The van der Waals surface area contributed by atoms with Crippen molar-refractivity contribution in [3.63, 3.8) is 0 Å². The van der Waals surface area contributed by atoms with E-state index in [0.717, 1.165) is 0 Å². The number of H-pyrrole nitrogens is 1. The molecule has 1 spiro atoms. The Morgan fingerprint density at radius 1 is 0.917 bits per heavy atom. The largest absolute Gasteiger partial charge is 0.358 e. The van der Waals surface area contributed by atoms with Crippen molar-refractivity contribution in [1.29, 1.82) is 0 Å². The number of halogens is 1. The average molecular weight is 319 g/mol. The molecule has 122 valence electrons. The summed E-state index contributed by atoms with van der Waals surface area (Å²) in [6.07, 6.45) is 7.77. The van der Waals surface area contributed by atoms with Gasteiger partial charge in [0.25, 0.3) is 0 Å². The fourth-order valence-electron chi connectivity index (χ4n) is 5.25. The summed E-state index contributed by atoms with van der Waals surface area (Å²) >= 11 is 0. The molecule has 1 heterocycles. The SMILES string of the molecule is Fc1ccc(C2CC3(CCCCC3)c3c2[nH]c2ccccc32)cc1. The summed E-state index contributed by atoms with van der Waals surface area (Å²) in [7, 11) is 0. The van der Waals surface area contributed by atoms with Gasteiger partial charge in [-0.2, -0.15) is 0 Å². The second-order valence-electron chi connectivity index (χ2n) is 7.61. The molecule has 0 amide bonds. The standard InChI is InChI=1S/C22H22FN/c23-16-10-8-15(9-11-16)18-14-22(12-4-1-5-13-22)20-17-6-2-3-7-19(17)24-21(18)20/h2-3,6-11,18,24H,1,4-5,12-14H2. The molecule has 1 fully saturated rings. The Balaban J connectivity index is 1.72. The summed E-state index contributed by atoms with van der Waals surface area (Å²) in [4.78, 5) is 3.72. The topological polar surface area (TPSA) is 15.8 Å². The molecule has 3 aromatic rings. The molecule has 2 heteroatoms. The van der Waals surface area contributed by atoms with E-state index in [1.54, 1.807) is 17.7 Å². The molecule has 1 atom stereocenters. The first-order valence-electron chi connectivity index (χ1n) is 9.13. The maximum atomic E-state index is 13.4. The Labute approximate surface area is 141 Å². The van der Waals surface area contributed by atoms with Crippen molar-refractivity contribution >= 4 is 10.9 Å². The predicted molar refractivity (Wildman–Crippen MR) is 95.9 cm³/mol. The molecule has 0 saturated heterocycles. The fourth-order valence-corrected chi connectivity index (χ4v) is 5.25. The van der Waals surface area contributed by atoms with Crippen molar-refractivity contribution in [1.82, 2.24) is 4.98 Å². The number of rotatable bonds is 1. The van der Waals surface area contributed by atoms with Crippen molar-refractivity contribution in [2.24, 2.45) is 0 Å². The zero-order chi connectivity index (χ0) is 16.1. The lowest BCUT2D eigenvalue weighted by Crippen LogP contribution is -2.26. The summed E-state index contributed by atoms with van der Waals surface area (Å²) in [6, 6.07) is 15.9. The maximum absolute atomic E-state index is 13.4. The molecule has 1 nitrogen and oxygen atoms in total. The smallest absolute Gasteiger partial charge is 0.123 e. The van der Waals surface area contributed by atoms with Crippen molar-refractivity contribution in [2.45, 2.75) is 49.9 Å². The average Bonchev–Trinajstić information content (AvgIpc) is 3.13. The summed E-state index contributed by atoms with van der Waals surface area (Å²) in [5.74, 6) is 0.215. The molecular weight excluding hydrogens is 297 g/mol. The fraction of sp³-hybridized carbons (Fsp3) is 0.364. The Kier molecular flexibility index (Phi) is 3.09. The van der Waals surface area contributed by atoms with Gasteiger partial charge in [0, 0.05) is 22.5 Å². The maximum Gasteiger partial charge on any atom is 0.123 e. The molecular formula is C22H22FN. The summed E-state index contributed by atoms with van der Waals surface area (Å²) < 4.78 is 13.4. The lowest BCUT2D eigenvalue weighted by atomic mass is 9.69. The van der Waals surface area contributed by atoms with Crippen LogP contribution in [-0.2, 0) is 5.41 Å². The van der Waals surface area contributed by atoms with Crippen LogP contribution in [0.3, 0.4) is 0 Å². The van der Waals surface area contributed by atoms with Crippen LogP contribution in [0.25, 0.3) is 10.9 Å². The number of benzene rings is 2. The zero-order valence-corrected chi connectivity index (χ0v) is 13.8. The normalized spacial score (nSPS) is 22.1. The first-order valence-corrected chi connectivity index (χ1v) is 9.13. The monoisotopic (exact) mass is 319 g/mol. The van der Waals surface area contributed by atoms with Crippen LogP contribution in [-0.4, -0.2) is 4.98 Å². The quantitative estimate of drug-likeness (QED) is 0.562. The van der Waals surface area contributed by atoms with E-state index in [4.69, 9.17) is 0 Å². The van der Waals surface area contributed by atoms with Crippen LogP contribution >= 0.6 is 0 Å². The molecule has 1 unspecified atom stereocenters. The van der Waals surface area contributed by atoms with Gasteiger partial charge in [-0.3, -0.25) is 0 Å². The van der Waals surface area contributed by atoms with Crippen LogP contribution < -0.4 is 0 Å². The van der Waals surface area contributed by atoms with E-state index >= 15 is 0 Å². The zero-order valence-electron chi connectivity index (χ0n) is 13.8. The van der Waals surface area contributed by atoms with Gasteiger partial charge in [-0.25, -0.2) is 4.39 Å². The highest BCUT2D eigenvalue weighted by Gasteiger charge is 2.46. The molecule has 5 rings (SSSR count). The van der Waals surface area contributed by atoms with Gasteiger partial charge in [0.1, 0.15) is 5.82 Å². The first-order chi connectivity index (χ1) is 11.8. The van der Waals surface area contributed by atoms with Crippen molar-refractivity contribution < 1.29 is 4.39 Å². The number of hydrogen-bond donors (Lipinski definition) is 1. The van der Waals surface area contributed by atoms with E-state index in [0.29, 0.717) is 11.3 Å². The minimum atomic E-state index is -0.152. The molecule has 0 aliphatic heterocycles. The van der Waals surface area contributed by atoms with E-state index in [2.05, 4.69) is 29.2 Å². The molecule has 1 aromatic heterocycles. The Morgan fingerprint density at radius 3 is 2.46 bits per heavy atom. The number of hydrogen-bond acceptors (Lipinski definition) is 0. The second-order valence-corrected chi connectivity index (χ2v) is 7.61. The van der Waals surface area contributed by atoms with Crippen LogP contribution in [0, 0.1) is 5.82 Å². The molecule has 2 aliphatic carbocycles. The van der Waals surface area contributed by atoms with Gasteiger partial charge in [-0.1, -0.05) is 49.6 Å². The van der Waals surface area contributed by atoms with Gasteiger partial charge in [0.15, 0.2) is 0 Å². The van der Waals surface area contributed by atoms with E-state index < -0.39 is 0 Å². The predicted octanol–water partition coefficient (Wildman–Crippen LogP) is 6.04. The number of nitrogens with one attached hydrogen (secondary N) is 1. The van der Waals surface area contributed by atoms with Crippen LogP contribution in [0.5, 0.6) is 0 Å². The van der Waals surface area contributed by atoms with Gasteiger partial charge in [-0.15, -0.1) is 0 Å². The Hall–Kier alpha value is -2.09. The number of para-hydroxylation sites is 1. The highest BCUT2D eigenvalue weighted by Crippen LogP contribution is 2.57. The highest BCUT2D eigenvalue weighted by atomic mass is 19.1. The van der Waals surface area contributed by atoms with E-state index in [1.807, 2.05) is 12.1 Å². The third kappa shape index (κ3) is 1.98. The molecule has 1 N–H and O–H groups in total. The van der Waals surface area contributed by atoms with Gasteiger partial charge in [0.05, 0.1) is 0 Å². The summed E-state index contributed by atoms with van der Waals surface area (Å²) in [6.45, 7) is 0. The Morgan fingerprint density at radius 2 is 1.67 bits per heavy atom. The molecule has 1 saturated carbocycles. The number of aromatic amines is 1. The Bertz CT molecular complexity index is 884. The number of fused-ring (bicyclic) bond motifs is 4. The van der Waals surface area contributed by atoms with Crippen molar-refractivity contribution in [2.75, 3.05) is 0 Å². The lowest BCUT2D eigenvalue weighted by molar-refractivity contribution is 0.287. The van der Waals surface area contributed by atoms with Gasteiger partial charge >= 0.3 is 0 Å². The molecule has 24 heavy (non-hydrogen) atoms. The van der Waals surface area contributed by atoms with Crippen LogP contribution in [0.15, 0.2) is 48.5 Å². The first kappa shape index (κ1) is 14.3. The van der Waals surface area contributed by atoms with Gasteiger partial charge in [0.2, 0.25) is 0 Å². The number of aromatic nitrogens is 1. The summed E-state index contributed by atoms with van der Waals surface area (Å²) in [5.41, 5.74) is 5.74. The van der Waals surface area contributed by atoms with Crippen LogP contribution in [0.1, 0.15) is 61.3 Å². The second kappa shape index (κ2) is 5.20. The minimum absolute atomic E-state index is 0.152. The van der Waals surface area contributed by atoms with E-state index in [-0.39, 0.29) is 5.82 Å². The van der Waals surface area contributed by atoms with Gasteiger partial charge < -0.3 is 4.98 Å². The van der Waals surface area contributed by atoms with Crippen molar-refractivity contribution in [3.8, 4) is 0 Å². The minimum Gasteiger partial charge on any atom is -0.358 e. The van der Waals surface area contributed by atoms with Crippen LogP contribution in [0.2, 0.25) is 0 Å². The molecule has 0 bridgehead atoms. The third-order valence-corrected chi connectivity index (χ3v) is 6.29. The molecule has 0 radical (unpaired) electrons. The van der Waals surface area contributed by atoms with Gasteiger partial charge in [-0.05, 0) is 54.0 Å². The van der Waals surface area contributed by atoms with Crippen LogP contribution in [0.4, 0.5) is 4.39 Å². The lowest BCUT2D eigenvalue weighted by Gasteiger charge is -2.35. The third-order valence-electron chi connectivity index (χ3n) is 6.29. The van der Waals surface area contributed by atoms with E-state index in [9.17, 15) is 4.39 Å². The van der Waals surface area contributed by atoms with E-state index in [1.165, 1.54) is 60.7 Å². The molecule has 2 aliphatic rings. The summed E-state index contributed by atoms with van der Waals surface area (Å²) in [5, 5.41) is 1.40. The molecule has 2 aromatic carbocycles. The van der Waals surface area contributed by atoms with Crippen molar-refractivity contribution in [3.05, 3.63) is 71.2 Å².